The minimum Gasteiger partial charge on any atom is -0.349 e. The van der Waals surface area contributed by atoms with Crippen molar-refractivity contribution < 1.29 is 8.78 Å². The van der Waals surface area contributed by atoms with Gasteiger partial charge in [0.25, 0.3) is 6.43 Å². The molecule has 0 N–H and O–H groups in total. The van der Waals surface area contributed by atoms with E-state index in [1.54, 1.807) is 17.4 Å². The highest BCUT2D eigenvalue weighted by Crippen LogP contribution is 2.39. The molecule has 24 heavy (non-hydrogen) atoms. The number of halogens is 2. The fraction of sp³-hybridized carbons (Fsp3) is 0.333. The van der Waals surface area contributed by atoms with Crippen molar-refractivity contribution in [3.63, 3.8) is 0 Å². The first-order chi connectivity index (χ1) is 11.7. The SMILES string of the molecule is CCC1c2ccsc2CCN1c1nc(C(F)F)nc2ccccc12. The predicted molar refractivity (Wildman–Crippen MR) is 92.9 cm³/mol. The Labute approximate surface area is 143 Å². The zero-order valence-electron chi connectivity index (χ0n) is 13.2. The number of aromatic nitrogens is 2. The molecule has 124 valence electrons. The minimum atomic E-state index is -2.67. The summed E-state index contributed by atoms with van der Waals surface area (Å²) >= 11 is 1.77. The van der Waals surface area contributed by atoms with Crippen LogP contribution in [0.1, 0.15) is 42.1 Å². The molecule has 3 aromatic rings. The van der Waals surface area contributed by atoms with Gasteiger partial charge in [-0.3, -0.25) is 0 Å². The van der Waals surface area contributed by atoms with Crippen molar-refractivity contribution in [2.45, 2.75) is 32.2 Å². The van der Waals surface area contributed by atoms with Gasteiger partial charge in [-0.05, 0) is 42.0 Å². The van der Waals surface area contributed by atoms with E-state index >= 15 is 0 Å². The molecule has 1 unspecified atom stereocenters. The lowest BCUT2D eigenvalue weighted by molar-refractivity contribution is 0.141. The van der Waals surface area contributed by atoms with Gasteiger partial charge in [-0.25, -0.2) is 18.7 Å². The van der Waals surface area contributed by atoms with Gasteiger partial charge in [0.2, 0.25) is 0 Å². The van der Waals surface area contributed by atoms with Gasteiger partial charge in [0, 0.05) is 16.8 Å². The first kappa shape index (κ1) is 15.4. The summed E-state index contributed by atoms with van der Waals surface area (Å²) < 4.78 is 26.5. The number of alkyl halides is 2. The van der Waals surface area contributed by atoms with E-state index < -0.39 is 12.2 Å². The molecule has 1 atom stereocenters. The number of hydrogen-bond donors (Lipinski definition) is 0. The van der Waals surface area contributed by atoms with Crippen molar-refractivity contribution in [3.05, 3.63) is 52.0 Å². The van der Waals surface area contributed by atoms with E-state index in [9.17, 15) is 8.78 Å². The highest BCUT2D eigenvalue weighted by molar-refractivity contribution is 7.10. The smallest absolute Gasteiger partial charge is 0.297 e. The van der Waals surface area contributed by atoms with Gasteiger partial charge in [-0.2, -0.15) is 0 Å². The molecule has 6 heteroatoms. The molecule has 2 aromatic heterocycles. The Kier molecular flexibility index (Phi) is 3.92. The minimum absolute atomic E-state index is 0.170. The molecule has 1 aliphatic rings. The van der Waals surface area contributed by atoms with Crippen molar-refractivity contribution in [2.75, 3.05) is 11.4 Å². The van der Waals surface area contributed by atoms with Gasteiger partial charge in [0.15, 0.2) is 5.82 Å². The summed E-state index contributed by atoms with van der Waals surface area (Å²) in [6, 6.07) is 9.72. The Morgan fingerprint density at radius 2 is 2.08 bits per heavy atom. The van der Waals surface area contributed by atoms with Gasteiger partial charge in [-0.1, -0.05) is 19.1 Å². The monoisotopic (exact) mass is 345 g/mol. The van der Waals surface area contributed by atoms with E-state index in [1.807, 2.05) is 18.2 Å². The Morgan fingerprint density at radius 3 is 2.88 bits per heavy atom. The normalized spacial score (nSPS) is 17.5. The van der Waals surface area contributed by atoms with E-state index in [2.05, 4.69) is 33.2 Å². The molecule has 4 rings (SSSR count). The molecule has 0 saturated heterocycles. The molecule has 1 aliphatic heterocycles. The summed E-state index contributed by atoms with van der Waals surface area (Å²) in [5.41, 5.74) is 1.87. The van der Waals surface area contributed by atoms with Gasteiger partial charge in [-0.15, -0.1) is 11.3 Å². The highest BCUT2D eigenvalue weighted by atomic mass is 32.1. The zero-order valence-corrected chi connectivity index (χ0v) is 14.1. The van der Waals surface area contributed by atoms with Crippen LogP contribution in [-0.4, -0.2) is 16.5 Å². The van der Waals surface area contributed by atoms with Crippen LogP contribution in [0.5, 0.6) is 0 Å². The average molecular weight is 345 g/mol. The summed E-state index contributed by atoms with van der Waals surface area (Å²) in [7, 11) is 0. The van der Waals surface area contributed by atoms with Crippen LogP contribution in [0.3, 0.4) is 0 Å². The molecule has 0 spiro atoms. The van der Waals surface area contributed by atoms with Crippen LogP contribution in [-0.2, 0) is 6.42 Å². The van der Waals surface area contributed by atoms with E-state index in [4.69, 9.17) is 0 Å². The van der Waals surface area contributed by atoms with E-state index in [0.29, 0.717) is 11.3 Å². The topological polar surface area (TPSA) is 29.0 Å². The third-order valence-electron chi connectivity index (χ3n) is 4.55. The van der Waals surface area contributed by atoms with Crippen molar-refractivity contribution in [1.82, 2.24) is 9.97 Å². The van der Waals surface area contributed by atoms with Crippen LogP contribution in [0.2, 0.25) is 0 Å². The fourth-order valence-electron chi connectivity index (χ4n) is 3.48. The molecule has 0 saturated carbocycles. The molecule has 0 amide bonds. The number of thiophene rings is 1. The lowest BCUT2D eigenvalue weighted by Crippen LogP contribution is -2.35. The molecule has 1 aromatic carbocycles. The van der Waals surface area contributed by atoms with Gasteiger partial charge >= 0.3 is 0 Å². The van der Waals surface area contributed by atoms with Crippen molar-refractivity contribution in [2.24, 2.45) is 0 Å². The molecular weight excluding hydrogens is 328 g/mol. The lowest BCUT2D eigenvalue weighted by Gasteiger charge is -2.37. The maximum atomic E-state index is 13.3. The Bertz CT molecular complexity index is 878. The number of benzene rings is 1. The molecule has 0 aliphatic carbocycles. The molecule has 0 fully saturated rings. The number of fused-ring (bicyclic) bond motifs is 2. The van der Waals surface area contributed by atoms with Crippen LogP contribution >= 0.6 is 11.3 Å². The molecular formula is C18H17F2N3S. The molecule has 3 nitrogen and oxygen atoms in total. The number of rotatable bonds is 3. The Hall–Kier alpha value is -2.08. The quantitative estimate of drug-likeness (QED) is 0.658. The fourth-order valence-corrected chi connectivity index (χ4v) is 4.41. The van der Waals surface area contributed by atoms with E-state index in [1.165, 1.54) is 10.4 Å². The lowest BCUT2D eigenvalue weighted by atomic mass is 9.97. The Morgan fingerprint density at radius 1 is 1.25 bits per heavy atom. The number of nitrogens with zero attached hydrogens (tertiary/aromatic N) is 3. The third-order valence-corrected chi connectivity index (χ3v) is 5.55. The summed E-state index contributed by atoms with van der Waals surface area (Å²) in [6.07, 6.45) is -0.840. The zero-order chi connectivity index (χ0) is 16.7. The van der Waals surface area contributed by atoms with Gasteiger partial charge < -0.3 is 4.90 Å². The highest BCUT2D eigenvalue weighted by Gasteiger charge is 2.30. The van der Waals surface area contributed by atoms with E-state index in [-0.39, 0.29) is 6.04 Å². The second-order valence-corrected chi connectivity index (χ2v) is 6.89. The molecule has 0 bridgehead atoms. The van der Waals surface area contributed by atoms with Crippen molar-refractivity contribution in [1.29, 1.82) is 0 Å². The summed E-state index contributed by atoms with van der Waals surface area (Å²) in [4.78, 5) is 11.8. The van der Waals surface area contributed by atoms with Crippen LogP contribution < -0.4 is 4.90 Å². The number of para-hydroxylation sites is 1. The van der Waals surface area contributed by atoms with Gasteiger partial charge in [0.1, 0.15) is 5.82 Å². The standard InChI is InChI=1S/C18H17F2N3S/c1-2-14-12-8-10-24-15(12)7-9-23(14)18-11-5-3-4-6-13(11)21-17(22-18)16(19)20/h3-6,8,10,14,16H,2,7,9H2,1H3. The van der Waals surface area contributed by atoms with Crippen LogP contribution in [0, 0.1) is 0 Å². The number of hydrogen-bond acceptors (Lipinski definition) is 4. The first-order valence-corrected chi connectivity index (χ1v) is 8.94. The summed E-state index contributed by atoms with van der Waals surface area (Å²) in [5.74, 6) is 0.231. The third kappa shape index (κ3) is 2.45. The Balaban J connectivity index is 1.89. The summed E-state index contributed by atoms with van der Waals surface area (Å²) in [6.45, 7) is 2.91. The van der Waals surface area contributed by atoms with Crippen LogP contribution in [0.15, 0.2) is 35.7 Å². The maximum Gasteiger partial charge on any atom is 0.297 e. The van der Waals surface area contributed by atoms with Crippen molar-refractivity contribution >= 4 is 28.1 Å². The average Bonchev–Trinajstić information content (AvgIpc) is 3.08. The maximum absolute atomic E-state index is 13.3. The molecule has 3 heterocycles. The first-order valence-electron chi connectivity index (χ1n) is 8.06. The van der Waals surface area contributed by atoms with Gasteiger partial charge in [0.05, 0.1) is 11.6 Å². The number of anilines is 1. The second kappa shape index (κ2) is 6.09. The van der Waals surface area contributed by atoms with Crippen LogP contribution in [0.25, 0.3) is 10.9 Å². The van der Waals surface area contributed by atoms with Crippen LogP contribution in [0.4, 0.5) is 14.6 Å². The molecule has 0 radical (unpaired) electrons. The summed E-state index contributed by atoms with van der Waals surface area (Å²) in [5, 5.41) is 2.94. The second-order valence-electron chi connectivity index (χ2n) is 5.89. The largest absolute Gasteiger partial charge is 0.349 e. The predicted octanol–water partition coefficient (Wildman–Crippen LogP) is 5.14. The van der Waals surface area contributed by atoms with Crippen molar-refractivity contribution in [3.8, 4) is 0 Å². The van der Waals surface area contributed by atoms with E-state index in [0.717, 1.165) is 24.8 Å².